The zero-order valence-corrected chi connectivity index (χ0v) is 9.63. The molecule has 1 saturated heterocycles. The first kappa shape index (κ1) is 12.8. The Morgan fingerprint density at radius 2 is 2.06 bits per heavy atom. The minimum absolute atomic E-state index is 0. The molecule has 1 aromatic rings. The lowest BCUT2D eigenvalue weighted by atomic mass is 10.3. The van der Waals surface area contributed by atoms with Crippen molar-refractivity contribution in [2.75, 3.05) is 13.2 Å². The fraction of sp³-hybridized carbons (Fsp3) is 0.364. The summed E-state index contributed by atoms with van der Waals surface area (Å²) >= 11 is 0. The summed E-state index contributed by atoms with van der Waals surface area (Å²) in [5.74, 6) is 0.898. The SMILES string of the molecule is Cl.O=C1CCNC(COc2ccccc2)N1. The predicted octanol–water partition coefficient (Wildman–Crippen LogP) is 0.923. The molecule has 1 amide bonds. The fourth-order valence-corrected chi connectivity index (χ4v) is 1.47. The van der Waals surface area contributed by atoms with E-state index in [0.29, 0.717) is 19.6 Å². The number of benzene rings is 1. The second-order valence-electron chi connectivity index (χ2n) is 3.45. The monoisotopic (exact) mass is 242 g/mol. The van der Waals surface area contributed by atoms with Gasteiger partial charge in [0.2, 0.25) is 5.91 Å². The summed E-state index contributed by atoms with van der Waals surface area (Å²) < 4.78 is 5.52. The fourth-order valence-electron chi connectivity index (χ4n) is 1.47. The first-order chi connectivity index (χ1) is 7.34. The number of ether oxygens (including phenoxy) is 1. The molecule has 4 nitrogen and oxygen atoms in total. The van der Waals surface area contributed by atoms with Crippen molar-refractivity contribution < 1.29 is 9.53 Å². The molecular weight excluding hydrogens is 228 g/mol. The van der Waals surface area contributed by atoms with E-state index in [1.807, 2.05) is 30.3 Å². The molecule has 0 spiro atoms. The first-order valence-corrected chi connectivity index (χ1v) is 5.05. The van der Waals surface area contributed by atoms with E-state index < -0.39 is 0 Å². The van der Waals surface area contributed by atoms with E-state index in [-0.39, 0.29) is 24.5 Å². The number of hydrogen-bond donors (Lipinski definition) is 2. The van der Waals surface area contributed by atoms with Crippen molar-refractivity contribution in [3.8, 4) is 5.75 Å². The number of hydrogen-bond acceptors (Lipinski definition) is 3. The van der Waals surface area contributed by atoms with E-state index in [1.54, 1.807) is 0 Å². The molecule has 0 bridgehead atoms. The van der Waals surface area contributed by atoms with Crippen LogP contribution in [0.5, 0.6) is 5.75 Å². The minimum atomic E-state index is -0.0774. The molecule has 5 heteroatoms. The van der Waals surface area contributed by atoms with Gasteiger partial charge in [-0.05, 0) is 12.1 Å². The van der Waals surface area contributed by atoms with Crippen LogP contribution < -0.4 is 15.4 Å². The largest absolute Gasteiger partial charge is 0.490 e. The Labute approximate surface area is 101 Å². The zero-order chi connectivity index (χ0) is 10.5. The highest BCUT2D eigenvalue weighted by Gasteiger charge is 2.17. The molecule has 0 saturated carbocycles. The number of carbonyl (C=O) groups excluding carboxylic acids is 1. The topological polar surface area (TPSA) is 50.4 Å². The second kappa shape index (κ2) is 6.35. The lowest BCUT2D eigenvalue weighted by Crippen LogP contribution is -2.54. The lowest BCUT2D eigenvalue weighted by molar-refractivity contribution is -0.123. The lowest BCUT2D eigenvalue weighted by Gasteiger charge is -2.24. The normalized spacial score (nSPS) is 19.5. The molecule has 0 aromatic heterocycles. The van der Waals surface area contributed by atoms with E-state index in [2.05, 4.69) is 10.6 Å². The van der Waals surface area contributed by atoms with E-state index in [1.165, 1.54) is 0 Å². The number of halogens is 1. The van der Waals surface area contributed by atoms with E-state index in [0.717, 1.165) is 5.75 Å². The summed E-state index contributed by atoms with van der Waals surface area (Å²) in [5.41, 5.74) is 0. The molecule has 1 unspecified atom stereocenters. The Kier molecular flexibility index (Phi) is 5.08. The van der Waals surface area contributed by atoms with E-state index in [4.69, 9.17) is 4.74 Å². The number of rotatable bonds is 3. The smallest absolute Gasteiger partial charge is 0.222 e. The van der Waals surface area contributed by atoms with Crippen LogP contribution >= 0.6 is 12.4 Å². The summed E-state index contributed by atoms with van der Waals surface area (Å²) in [6, 6.07) is 9.56. The molecule has 0 aliphatic carbocycles. The Morgan fingerprint density at radius 3 is 2.75 bits per heavy atom. The van der Waals surface area contributed by atoms with Crippen molar-refractivity contribution in [2.45, 2.75) is 12.6 Å². The van der Waals surface area contributed by atoms with Crippen LogP contribution in [0.1, 0.15) is 6.42 Å². The van der Waals surface area contributed by atoms with Crippen LogP contribution in [0.4, 0.5) is 0 Å². The highest BCUT2D eigenvalue weighted by molar-refractivity contribution is 5.85. The third-order valence-electron chi connectivity index (χ3n) is 2.24. The molecule has 0 radical (unpaired) electrons. The van der Waals surface area contributed by atoms with Gasteiger partial charge < -0.3 is 10.1 Å². The van der Waals surface area contributed by atoms with Gasteiger partial charge in [0.15, 0.2) is 0 Å². The van der Waals surface area contributed by atoms with Crippen molar-refractivity contribution in [2.24, 2.45) is 0 Å². The maximum atomic E-state index is 11.1. The zero-order valence-electron chi connectivity index (χ0n) is 8.81. The van der Waals surface area contributed by atoms with Gasteiger partial charge in [-0.1, -0.05) is 18.2 Å². The van der Waals surface area contributed by atoms with Gasteiger partial charge in [-0.2, -0.15) is 0 Å². The quantitative estimate of drug-likeness (QED) is 0.829. The van der Waals surface area contributed by atoms with Crippen molar-refractivity contribution in [1.82, 2.24) is 10.6 Å². The summed E-state index contributed by atoms with van der Waals surface area (Å²) in [5, 5.41) is 5.97. The molecule has 1 fully saturated rings. The highest BCUT2D eigenvalue weighted by Crippen LogP contribution is 2.08. The van der Waals surface area contributed by atoms with Gasteiger partial charge in [-0.15, -0.1) is 12.4 Å². The third kappa shape index (κ3) is 3.72. The molecule has 88 valence electrons. The van der Waals surface area contributed by atoms with Gasteiger partial charge in [0.25, 0.3) is 0 Å². The summed E-state index contributed by atoms with van der Waals surface area (Å²) in [6.45, 7) is 1.17. The first-order valence-electron chi connectivity index (χ1n) is 5.05. The van der Waals surface area contributed by atoms with Gasteiger partial charge in [0.05, 0.1) is 0 Å². The number of para-hydroxylation sites is 1. The van der Waals surface area contributed by atoms with Crippen LogP contribution in [0.25, 0.3) is 0 Å². The van der Waals surface area contributed by atoms with Crippen LogP contribution in [0.2, 0.25) is 0 Å². The maximum absolute atomic E-state index is 11.1. The van der Waals surface area contributed by atoms with Crippen molar-refractivity contribution in [1.29, 1.82) is 0 Å². The highest BCUT2D eigenvalue weighted by atomic mass is 35.5. The van der Waals surface area contributed by atoms with Crippen LogP contribution in [0, 0.1) is 0 Å². The Morgan fingerprint density at radius 1 is 1.31 bits per heavy atom. The average molecular weight is 243 g/mol. The van der Waals surface area contributed by atoms with Crippen molar-refractivity contribution >= 4 is 18.3 Å². The van der Waals surface area contributed by atoms with Crippen molar-refractivity contribution in [3.63, 3.8) is 0 Å². The molecule has 2 rings (SSSR count). The van der Waals surface area contributed by atoms with Gasteiger partial charge in [0, 0.05) is 13.0 Å². The molecule has 1 aliphatic rings. The second-order valence-corrected chi connectivity index (χ2v) is 3.45. The molecule has 1 atom stereocenters. The third-order valence-corrected chi connectivity index (χ3v) is 2.24. The molecule has 1 heterocycles. The van der Waals surface area contributed by atoms with Gasteiger partial charge in [0.1, 0.15) is 18.5 Å². The minimum Gasteiger partial charge on any atom is -0.490 e. The number of amides is 1. The van der Waals surface area contributed by atoms with Gasteiger partial charge in [-0.25, -0.2) is 0 Å². The molecule has 16 heavy (non-hydrogen) atoms. The molecule has 2 N–H and O–H groups in total. The molecular formula is C11H15ClN2O2. The van der Waals surface area contributed by atoms with Gasteiger partial charge in [-0.3, -0.25) is 10.1 Å². The Balaban J connectivity index is 0.00000128. The molecule has 1 aliphatic heterocycles. The Bertz CT molecular complexity index is 332. The summed E-state index contributed by atoms with van der Waals surface area (Å²) in [6.07, 6.45) is 0.466. The maximum Gasteiger partial charge on any atom is 0.222 e. The summed E-state index contributed by atoms with van der Waals surface area (Å²) in [4.78, 5) is 11.1. The number of nitrogens with one attached hydrogen (secondary N) is 2. The van der Waals surface area contributed by atoms with Crippen LogP contribution in [0.15, 0.2) is 30.3 Å². The molecule has 1 aromatic carbocycles. The average Bonchev–Trinajstić information content (AvgIpc) is 2.28. The van der Waals surface area contributed by atoms with Crippen LogP contribution in [-0.2, 0) is 4.79 Å². The van der Waals surface area contributed by atoms with Gasteiger partial charge >= 0.3 is 0 Å². The van der Waals surface area contributed by atoms with Crippen LogP contribution in [0.3, 0.4) is 0 Å². The van der Waals surface area contributed by atoms with Crippen LogP contribution in [-0.4, -0.2) is 25.2 Å². The predicted molar refractivity (Wildman–Crippen MR) is 63.7 cm³/mol. The van der Waals surface area contributed by atoms with Crippen molar-refractivity contribution in [3.05, 3.63) is 30.3 Å². The number of carbonyl (C=O) groups is 1. The van der Waals surface area contributed by atoms with E-state index in [9.17, 15) is 4.79 Å². The Hall–Kier alpha value is -1.26. The van der Waals surface area contributed by atoms with E-state index >= 15 is 0 Å². The summed E-state index contributed by atoms with van der Waals surface area (Å²) in [7, 11) is 0. The standard InChI is InChI=1S/C11H14N2O2.ClH/c14-11-6-7-12-10(13-11)8-15-9-4-2-1-3-5-9;/h1-5,10,12H,6-8H2,(H,13,14);1H.